The van der Waals surface area contributed by atoms with Gasteiger partial charge in [0.15, 0.2) is 0 Å². The summed E-state index contributed by atoms with van der Waals surface area (Å²) in [5.41, 5.74) is 0.954. The maximum absolute atomic E-state index is 10.9. The summed E-state index contributed by atoms with van der Waals surface area (Å²) in [5, 5.41) is 14.5. The molecule has 0 amide bonds. The van der Waals surface area contributed by atoms with E-state index in [1.54, 1.807) is 19.2 Å². The summed E-state index contributed by atoms with van der Waals surface area (Å²) in [6, 6.07) is 5.22. The molecule has 0 spiro atoms. The Hall–Kier alpha value is -1.62. The quantitative estimate of drug-likeness (QED) is 0.666. The number of hydrogen-bond donors (Lipinski definition) is 1. The van der Waals surface area contributed by atoms with Crippen LogP contribution < -0.4 is 10.1 Å². The van der Waals surface area contributed by atoms with Gasteiger partial charge in [0, 0.05) is 30.3 Å². The molecule has 1 aliphatic rings. The van der Waals surface area contributed by atoms with E-state index in [1.165, 1.54) is 25.3 Å². The normalized spacial score (nSPS) is 25.6. The van der Waals surface area contributed by atoms with Gasteiger partial charge in [-0.05, 0) is 24.3 Å². The van der Waals surface area contributed by atoms with E-state index in [0.717, 1.165) is 11.5 Å². The van der Waals surface area contributed by atoms with Crippen molar-refractivity contribution >= 4 is 5.69 Å². The summed E-state index contributed by atoms with van der Waals surface area (Å²) in [5.74, 6) is 2.05. The van der Waals surface area contributed by atoms with Gasteiger partial charge in [-0.15, -0.1) is 0 Å². The number of nitro benzene ring substituents is 1. The first kappa shape index (κ1) is 15.8. The Balaban J connectivity index is 2.07. The number of nitrogens with zero attached hydrogens (tertiary/aromatic N) is 1. The van der Waals surface area contributed by atoms with Gasteiger partial charge in [0.25, 0.3) is 5.69 Å². The molecule has 0 saturated heterocycles. The molecule has 1 aromatic carbocycles. The van der Waals surface area contributed by atoms with Crippen molar-refractivity contribution in [2.24, 2.45) is 11.8 Å². The fourth-order valence-corrected chi connectivity index (χ4v) is 3.13. The highest BCUT2D eigenvalue weighted by atomic mass is 16.6. The first-order valence-corrected chi connectivity index (χ1v) is 7.57. The molecule has 0 aliphatic heterocycles. The van der Waals surface area contributed by atoms with Crippen molar-refractivity contribution in [1.29, 1.82) is 0 Å². The Morgan fingerprint density at radius 2 is 2.14 bits per heavy atom. The van der Waals surface area contributed by atoms with Gasteiger partial charge < -0.3 is 10.1 Å². The molecular formula is C16H24N2O3. The lowest BCUT2D eigenvalue weighted by Crippen LogP contribution is -2.40. The third-order valence-corrected chi connectivity index (χ3v) is 4.74. The molecule has 5 heteroatoms. The molecule has 1 fully saturated rings. The van der Waals surface area contributed by atoms with Gasteiger partial charge in [-0.2, -0.15) is 0 Å². The molecule has 116 valence electrons. The molecule has 5 nitrogen and oxygen atoms in total. The average molecular weight is 292 g/mol. The summed E-state index contributed by atoms with van der Waals surface area (Å²) >= 11 is 0. The summed E-state index contributed by atoms with van der Waals surface area (Å²) < 4.78 is 5.31. The van der Waals surface area contributed by atoms with E-state index in [4.69, 9.17) is 4.74 Å². The van der Waals surface area contributed by atoms with Crippen molar-refractivity contribution in [3.63, 3.8) is 0 Å². The Bertz CT molecular complexity index is 504. The molecular weight excluding hydrogens is 268 g/mol. The lowest BCUT2D eigenvalue weighted by molar-refractivity contribution is -0.384. The predicted molar refractivity (Wildman–Crippen MR) is 82.5 cm³/mol. The summed E-state index contributed by atoms with van der Waals surface area (Å²) in [6.07, 6.45) is 3.71. The second-order valence-corrected chi connectivity index (χ2v) is 6.01. The predicted octanol–water partition coefficient (Wildman–Crippen LogP) is 3.52. The first-order chi connectivity index (χ1) is 10.0. The van der Waals surface area contributed by atoms with Gasteiger partial charge in [0.1, 0.15) is 5.75 Å². The molecule has 1 saturated carbocycles. The number of rotatable bonds is 5. The SMILES string of the molecule is COc1ccc([N+](=O)[O-])cc1CNC1CCCC(C)C1C. The number of hydrogen-bond acceptors (Lipinski definition) is 4. The molecule has 0 radical (unpaired) electrons. The topological polar surface area (TPSA) is 64.4 Å². The standard InChI is InChI=1S/C16H24N2O3/c1-11-5-4-6-15(12(11)2)17-10-13-9-14(18(19)20)7-8-16(13)21-3/h7-9,11-12,15,17H,4-6,10H2,1-3H3. The van der Waals surface area contributed by atoms with Crippen LogP contribution in [0.5, 0.6) is 5.75 Å². The molecule has 0 heterocycles. The highest BCUT2D eigenvalue weighted by Crippen LogP contribution is 2.30. The molecule has 1 aromatic rings. The van der Waals surface area contributed by atoms with Crippen molar-refractivity contribution in [2.75, 3.05) is 7.11 Å². The third-order valence-electron chi connectivity index (χ3n) is 4.74. The lowest BCUT2D eigenvalue weighted by atomic mass is 9.78. The molecule has 1 aliphatic carbocycles. The third kappa shape index (κ3) is 3.73. The van der Waals surface area contributed by atoms with Gasteiger partial charge in [0.05, 0.1) is 12.0 Å². The Kier molecular flexibility index (Phi) is 5.17. The molecule has 21 heavy (non-hydrogen) atoms. The van der Waals surface area contributed by atoms with Crippen LogP contribution in [0.2, 0.25) is 0 Å². The highest BCUT2D eigenvalue weighted by molar-refractivity contribution is 5.43. The number of ether oxygens (including phenoxy) is 1. The summed E-state index contributed by atoms with van der Waals surface area (Å²) in [4.78, 5) is 10.5. The van der Waals surface area contributed by atoms with Gasteiger partial charge >= 0.3 is 0 Å². The zero-order valence-electron chi connectivity index (χ0n) is 13.0. The van der Waals surface area contributed by atoms with Crippen LogP contribution in [0.1, 0.15) is 38.7 Å². The molecule has 3 unspecified atom stereocenters. The minimum absolute atomic E-state index is 0.109. The van der Waals surface area contributed by atoms with Gasteiger partial charge in [-0.25, -0.2) is 0 Å². The van der Waals surface area contributed by atoms with Gasteiger partial charge in [-0.3, -0.25) is 10.1 Å². The minimum Gasteiger partial charge on any atom is -0.496 e. The first-order valence-electron chi connectivity index (χ1n) is 7.57. The summed E-state index contributed by atoms with van der Waals surface area (Å²) in [6.45, 7) is 5.19. The second kappa shape index (κ2) is 6.89. The largest absolute Gasteiger partial charge is 0.496 e. The van der Waals surface area contributed by atoms with Crippen molar-refractivity contribution in [2.45, 2.75) is 45.7 Å². The lowest BCUT2D eigenvalue weighted by Gasteiger charge is -2.34. The van der Waals surface area contributed by atoms with Crippen LogP contribution in [0.25, 0.3) is 0 Å². The smallest absolute Gasteiger partial charge is 0.270 e. The van der Waals surface area contributed by atoms with Crippen LogP contribution in [0, 0.1) is 22.0 Å². The van der Waals surface area contributed by atoms with E-state index in [-0.39, 0.29) is 10.6 Å². The fraction of sp³-hybridized carbons (Fsp3) is 0.625. The maximum Gasteiger partial charge on any atom is 0.270 e. The molecule has 3 atom stereocenters. The Labute approximate surface area is 125 Å². The number of methoxy groups -OCH3 is 1. The van der Waals surface area contributed by atoms with Crippen molar-refractivity contribution in [3.8, 4) is 5.75 Å². The van der Waals surface area contributed by atoms with Crippen LogP contribution in [-0.4, -0.2) is 18.1 Å². The van der Waals surface area contributed by atoms with Crippen LogP contribution >= 0.6 is 0 Å². The maximum atomic E-state index is 10.9. The van der Waals surface area contributed by atoms with Crippen LogP contribution in [0.3, 0.4) is 0 Å². The zero-order chi connectivity index (χ0) is 15.4. The van der Waals surface area contributed by atoms with E-state index in [1.807, 2.05) is 0 Å². The number of benzene rings is 1. The van der Waals surface area contributed by atoms with Crippen molar-refractivity contribution in [3.05, 3.63) is 33.9 Å². The van der Waals surface area contributed by atoms with Crippen LogP contribution in [-0.2, 0) is 6.54 Å². The van der Waals surface area contributed by atoms with E-state index in [2.05, 4.69) is 19.2 Å². The van der Waals surface area contributed by atoms with E-state index < -0.39 is 0 Å². The van der Waals surface area contributed by atoms with E-state index >= 15 is 0 Å². The fourth-order valence-electron chi connectivity index (χ4n) is 3.13. The second-order valence-electron chi connectivity index (χ2n) is 6.01. The van der Waals surface area contributed by atoms with Gasteiger partial charge in [-0.1, -0.05) is 26.7 Å². The Morgan fingerprint density at radius 1 is 1.38 bits per heavy atom. The van der Waals surface area contributed by atoms with Gasteiger partial charge in [0.2, 0.25) is 0 Å². The van der Waals surface area contributed by atoms with E-state index in [0.29, 0.717) is 24.3 Å². The number of nitro groups is 1. The highest BCUT2D eigenvalue weighted by Gasteiger charge is 2.26. The van der Waals surface area contributed by atoms with Crippen LogP contribution in [0.4, 0.5) is 5.69 Å². The van der Waals surface area contributed by atoms with Crippen LogP contribution in [0.15, 0.2) is 18.2 Å². The number of nitrogens with one attached hydrogen (secondary N) is 1. The Morgan fingerprint density at radius 3 is 2.81 bits per heavy atom. The van der Waals surface area contributed by atoms with E-state index in [9.17, 15) is 10.1 Å². The molecule has 1 N–H and O–H groups in total. The number of non-ortho nitro benzene ring substituents is 1. The molecule has 0 bridgehead atoms. The molecule has 0 aromatic heterocycles. The summed E-state index contributed by atoms with van der Waals surface area (Å²) in [7, 11) is 1.59. The monoisotopic (exact) mass is 292 g/mol. The zero-order valence-corrected chi connectivity index (χ0v) is 13.0. The average Bonchev–Trinajstić information content (AvgIpc) is 2.48. The van der Waals surface area contributed by atoms with Crippen molar-refractivity contribution in [1.82, 2.24) is 5.32 Å². The minimum atomic E-state index is -0.367. The molecule has 2 rings (SSSR count). The van der Waals surface area contributed by atoms with Crippen molar-refractivity contribution < 1.29 is 9.66 Å².